The summed E-state index contributed by atoms with van der Waals surface area (Å²) in [6.07, 6.45) is 0.818. The summed E-state index contributed by atoms with van der Waals surface area (Å²) in [7, 11) is 0. The molecule has 0 bridgehead atoms. The highest BCUT2D eigenvalue weighted by atomic mass is 16.5. The van der Waals surface area contributed by atoms with Crippen LogP contribution in [0.15, 0.2) is 0 Å². The molecule has 0 saturated carbocycles. The van der Waals surface area contributed by atoms with Crippen molar-refractivity contribution in [2.24, 2.45) is 0 Å². The minimum Gasteiger partial charge on any atom is -0.378 e. The van der Waals surface area contributed by atoms with Gasteiger partial charge in [-0.3, -0.25) is 4.79 Å². The second-order valence-corrected chi connectivity index (χ2v) is 3.89. The Hall–Kier alpha value is -0.650. The highest BCUT2D eigenvalue weighted by molar-refractivity contribution is 5.76. The van der Waals surface area contributed by atoms with Crippen molar-refractivity contribution < 1.29 is 14.3 Å². The van der Waals surface area contributed by atoms with Crippen LogP contribution in [-0.2, 0) is 14.3 Å². The lowest BCUT2D eigenvalue weighted by Crippen LogP contribution is -2.49. The van der Waals surface area contributed by atoms with Crippen molar-refractivity contribution in [3.8, 4) is 0 Å². The van der Waals surface area contributed by atoms with Crippen LogP contribution in [0.25, 0.3) is 0 Å². The number of morpholine rings is 1. The molecule has 2 aliphatic rings. The molecule has 5 nitrogen and oxygen atoms in total. The fraction of sp³-hybridized carbons (Fsp3) is 0.900. The van der Waals surface area contributed by atoms with Crippen molar-refractivity contribution in [2.75, 3.05) is 46.0 Å². The molecule has 2 aliphatic heterocycles. The molecule has 0 atom stereocenters. The van der Waals surface area contributed by atoms with E-state index in [4.69, 9.17) is 9.47 Å². The predicted molar refractivity (Wildman–Crippen MR) is 54.6 cm³/mol. The van der Waals surface area contributed by atoms with Gasteiger partial charge in [0.05, 0.1) is 32.3 Å². The molecule has 2 fully saturated rings. The van der Waals surface area contributed by atoms with Gasteiger partial charge in [-0.2, -0.15) is 0 Å². The van der Waals surface area contributed by atoms with E-state index in [1.807, 2.05) is 4.90 Å². The van der Waals surface area contributed by atoms with E-state index >= 15 is 0 Å². The molecule has 5 heteroatoms. The zero-order chi connectivity index (χ0) is 10.5. The molecular formula is C10H18N2O3. The van der Waals surface area contributed by atoms with Crippen LogP contribution < -0.4 is 5.32 Å². The molecule has 0 aromatic carbocycles. The number of carbonyl (C=O) groups is 1. The van der Waals surface area contributed by atoms with Crippen LogP contribution in [0.3, 0.4) is 0 Å². The third-order valence-corrected chi connectivity index (χ3v) is 2.78. The molecular weight excluding hydrogens is 196 g/mol. The number of carbonyl (C=O) groups excluding carboxylic acids is 1. The molecule has 1 amide bonds. The molecule has 0 unspecified atom stereocenters. The van der Waals surface area contributed by atoms with Gasteiger partial charge in [0.25, 0.3) is 0 Å². The quantitative estimate of drug-likeness (QED) is 0.667. The average Bonchev–Trinajstić information content (AvgIpc) is 2.23. The van der Waals surface area contributed by atoms with Crippen LogP contribution in [0.5, 0.6) is 0 Å². The SMILES string of the molecule is O=C(CCOC1CNC1)N1CCOCC1. The van der Waals surface area contributed by atoms with E-state index in [1.54, 1.807) is 0 Å². The Morgan fingerprint density at radius 3 is 2.73 bits per heavy atom. The molecule has 0 aromatic rings. The fourth-order valence-corrected chi connectivity index (χ4v) is 1.66. The van der Waals surface area contributed by atoms with Gasteiger partial charge in [0.15, 0.2) is 0 Å². The first kappa shape index (κ1) is 10.9. The van der Waals surface area contributed by atoms with E-state index in [1.165, 1.54) is 0 Å². The number of ether oxygens (including phenoxy) is 2. The monoisotopic (exact) mass is 214 g/mol. The number of amides is 1. The van der Waals surface area contributed by atoms with E-state index < -0.39 is 0 Å². The summed E-state index contributed by atoms with van der Waals surface area (Å²) in [6.45, 7) is 5.17. The normalized spacial score (nSPS) is 22.5. The summed E-state index contributed by atoms with van der Waals surface area (Å²) in [5, 5.41) is 3.13. The second kappa shape index (κ2) is 5.44. The highest BCUT2D eigenvalue weighted by Gasteiger charge is 2.19. The maximum atomic E-state index is 11.7. The molecule has 0 aliphatic carbocycles. The lowest BCUT2D eigenvalue weighted by molar-refractivity contribution is -0.137. The van der Waals surface area contributed by atoms with Crippen LogP contribution in [-0.4, -0.2) is 62.9 Å². The first-order chi connectivity index (χ1) is 7.36. The number of rotatable bonds is 4. The van der Waals surface area contributed by atoms with Crippen LogP contribution in [0.1, 0.15) is 6.42 Å². The molecule has 2 saturated heterocycles. The number of hydrogen-bond acceptors (Lipinski definition) is 4. The molecule has 86 valence electrons. The first-order valence-corrected chi connectivity index (χ1v) is 5.54. The number of hydrogen-bond donors (Lipinski definition) is 1. The van der Waals surface area contributed by atoms with Crippen molar-refractivity contribution in [3.05, 3.63) is 0 Å². The molecule has 0 radical (unpaired) electrons. The molecule has 2 rings (SSSR count). The summed E-state index contributed by atoms with van der Waals surface area (Å²) >= 11 is 0. The van der Waals surface area contributed by atoms with Gasteiger partial charge in [0.2, 0.25) is 5.91 Å². The molecule has 1 N–H and O–H groups in total. The Balaban J connectivity index is 1.58. The van der Waals surface area contributed by atoms with Crippen molar-refractivity contribution >= 4 is 5.91 Å². The van der Waals surface area contributed by atoms with Gasteiger partial charge in [-0.15, -0.1) is 0 Å². The summed E-state index contributed by atoms with van der Waals surface area (Å²) in [5.74, 6) is 0.186. The van der Waals surface area contributed by atoms with E-state index in [0.29, 0.717) is 32.3 Å². The van der Waals surface area contributed by atoms with Gasteiger partial charge in [-0.1, -0.05) is 0 Å². The number of nitrogens with zero attached hydrogens (tertiary/aromatic N) is 1. The van der Waals surface area contributed by atoms with Crippen LogP contribution >= 0.6 is 0 Å². The molecule has 0 spiro atoms. The Kier molecular flexibility index (Phi) is 3.94. The van der Waals surface area contributed by atoms with Crippen molar-refractivity contribution in [1.29, 1.82) is 0 Å². The van der Waals surface area contributed by atoms with Crippen LogP contribution in [0.2, 0.25) is 0 Å². The average molecular weight is 214 g/mol. The minimum absolute atomic E-state index is 0.186. The van der Waals surface area contributed by atoms with Crippen LogP contribution in [0.4, 0.5) is 0 Å². The van der Waals surface area contributed by atoms with Gasteiger partial charge in [-0.05, 0) is 0 Å². The Labute approximate surface area is 89.7 Å². The second-order valence-electron chi connectivity index (χ2n) is 3.89. The van der Waals surface area contributed by atoms with Crippen LogP contribution in [0, 0.1) is 0 Å². The summed E-state index contributed by atoms with van der Waals surface area (Å²) in [5.41, 5.74) is 0. The van der Waals surface area contributed by atoms with Gasteiger partial charge < -0.3 is 19.7 Å². The Bertz CT molecular complexity index is 213. The van der Waals surface area contributed by atoms with Gasteiger partial charge in [-0.25, -0.2) is 0 Å². The predicted octanol–water partition coefficient (Wildman–Crippen LogP) is -0.776. The summed E-state index contributed by atoms with van der Waals surface area (Å²) < 4.78 is 10.7. The smallest absolute Gasteiger partial charge is 0.225 e. The molecule has 2 heterocycles. The Morgan fingerprint density at radius 2 is 2.13 bits per heavy atom. The topological polar surface area (TPSA) is 50.8 Å². The summed E-state index contributed by atoms with van der Waals surface area (Å²) in [4.78, 5) is 13.5. The van der Waals surface area contributed by atoms with E-state index in [2.05, 4.69) is 5.32 Å². The lowest BCUT2D eigenvalue weighted by atomic mass is 10.2. The lowest BCUT2D eigenvalue weighted by Gasteiger charge is -2.29. The third kappa shape index (κ3) is 3.15. The van der Waals surface area contributed by atoms with Gasteiger partial charge >= 0.3 is 0 Å². The standard InChI is InChI=1S/C10H18N2O3/c13-10(12-2-5-14-6-3-12)1-4-15-9-7-11-8-9/h9,11H,1-8H2. The fourth-order valence-electron chi connectivity index (χ4n) is 1.66. The molecule has 0 aromatic heterocycles. The number of nitrogens with one attached hydrogen (secondary N) is 1. The zero-order valence-electron chi connectivity index (χ0n) is 8.91. The minimum atomic E-state index is 0.186. The van der Waals surface area contributed by atoms with E-state index in [-0.39, 0.29) is 5.91 Å². The first-order valence-electron chi connectivity index (χ1n) is 5.54. The highest BCUT2D eigenvalue weighted by Crippen LogP contribution is 2.03. The maximum absolute atomic E-state index is 11.7. The van der Waals surface area contributed by atoms with Crippen molar-refractivity contribution in [1.82, 2.24) is 10.2 Å². The van der Waals surface area contributed by atoms with Crippen molar-refractivity contribution in [3.63, 3.8) is 0 Å². The van der Waals surface area contributed by atoms with Crippen molar-refractivity contribution in [2.45, 2.75) is 12.5 Å². The molecule has 15 heavy (non-hydrogen) atoms. The zero-order valence-corrected chi connectivity index (χ0v) is 8.91. The maximum Gasteiger partial charge on any atom is 0.225 e. The summed E-state index contributed by atoms with van der Waals surface area (Å²) in [6, 6.07) is 0. The van der Waals surface area contributed by atoms with E-state index in [9.17, 15) is 4.79 Å². The van der Waals surface area contributed by atoms with E-state index in [0.717, 1.165) is 26.2 Å². The largest absolute Gasteiger partial charge is 0.378 e. The van der Waals surface area contributed by atoms with Gasteiger partial charge in [0.1, 0.15) is 0 Å². The Morgan fingerprint density at radius 1 is 1.40 bits per heavy atom. The van der Waals surface area contributed by atoms with Gasteiger partial charge in [0, 0.05) is 26.2 Å². The third-order valence-electron chi connectivity index (χ3n) is 2.78.